The Hall–Kier alpha value is -2.55. The third-order valence-electron chi connectivity index (χ3n) is 4.25. The van der Waals surface area contributed by atoms with Gasteiger partial charge in [0, 0.05) is 26.4 Å². The molecule has 2 N–H and O–H groups in total. The van der Waals surface area contributed by atoms with Gasteiger partial charge in [-0.3, -0.25) is 19.3 Å². The summed E-state index contributed by atoms with van der Waals surface area (Å²) in [5.41, 5.74) is -1.81. The van der Waals surface area contributed by atoms with Gasteiger partial charge in [0.05, 0.1) is 6.61 Å². The molecule has 1 aliphatic heterocycles. The lowest BCUT2D eigenvalue weighted by atomic mass is 10.2. The van der Waals surface area contributed by atoms with Gasteiger partial charge in [-0.15, -0.1) is 0 Å². The van der Waals surface area contributed by atoms with Crippen molar-refractivity contribution in [2.45, 2.75) is 12.8 Å². The molecule has 0 aromatic carbocycles. The number of methoxy groups -OCH3 is 1. The summed E-state index contributed by atoms with van der Waals surface area (Å²) in [4.78, 5) is 37.3. The van der Waals surface area contributed by atoms with Crippen LogP contribution in [-0.4, -0.2) is 65.1 Å². The molecule has 0 unspecified atom stereocenters. The molecule has 0 radical (unpaired) electrons. The fourth-order valence-electron chi connectivity index (χ4n) is 2.76. The molecule has 0 bridgehead atoms. The zero-order chi connectivity index (χ0) is 17.4. The molecule has 9 nitrogen and oxygen atoms in total. The number of ether oxygens (including phenoxy) is 1. The van der Waals surface area contributed by atoms with Crippen LogP contribution in [0.3, 0.4) is 0 Å². The normalized spacial score (nSPS) is 17.1. The van der Waals surface area contributed by atoms with Crippen molar-refractivity contribution in [3.63, 3.8) is 0 Å². The number of hydrogen-bond donors (Lipinski definition) is 2. The molecule has 9 heteroatoms. The second-order valence-electron chi connectivity index (χ2n) is 6.05. The van der Waals surface area contributed by atoms with Crippen LogP contribution in [0.1, 0.15) is 33.7 Å². The van der Waals surface area contributed by atoms with E-state index in [-0.39, 0.29) is 12.4 Å². The highest BCUT2D eigenvalue weighted by Gasteiger charge is 2.36. The number of aromatic hydroxyl groups is 1. The smallest absolute Gasteiger partial charge is 0.341 e. The minimum absolute atomic E-state index is 0.201. The van der Waals surface area contributed by atoms with Crippen LogP contribution in [0.4, 0.5) is 0 Å². The monoisotopic (exact) mass is 337 g/mol. The highest BCUT2D eigenvalue weighted by molar-refractivity contribution is 5.97. The predicted molar refractivity (Wildman–Crippen MR) is 82.9 cm³/mol. The number of amides is 1. The van der Waals surface area contributed by atoms with Gasteiger partial charge in [0.25, 0.3) is 5.91 Å². The van der Waals surface area contributed by atoms with E-state index in [0.717, 1.165) is 19.0 Å². The van der Waals surface area contributed by atoms with E-state index in [4.69, 9.17) is 9.84 Å². The first-order chi connectivity index (χ1) is 11.4. The van der Waals surface area contributed by atoms with Gasteiger partial charge >= 0.3 is 5.97 Å². The van der Waals surface area contributed by atoms with Gasteiger partial charge in [-0.1, -0.05) is 0 Å². The van der Waals surface area contributed by atoms with Gasteiger partial charge in [-0.05, 0) is 18.8 Å². The van der Waals surface area contributed by atoms with Crippen LogP contribution in [0.5, 0.6) is 5.75 Å². The molecule has 1 aromatic heterocycles. The summed E-state index contributed by atoms with van der Waals surface area (Å²) >= 11 is 0. The summed E-state index contributed by atoms with van der Waals surface area (Å²) in [7, 11) is 1.52. The van der Waals surface area contributed by atoms with Crippen molar-refractivity contribution in [3.05, 3.63) is 27.7 Å². The van der Waals surface area contributed by atoms with Crippen LogP contribution in [0, 0.1) is 5.92 Å². The first kappa shape index (κ1) is 16.3. The number of carboxylic acids is 1. The highest BCUT2D eigenvalue weighted by atomic mass is 16.5. The molecule has 2 heterocycles. The quantitative estimate of drug-likeness (QED) is 0.730. The van der Waals surface area contributed by atoms with Crippen molar-refractivity contribution in [1.29, 1.82) is 0 Å². The Morgan fingerprint density at radius 2 is 2.08 bits per heavy atom. The summed E-state index contributed by atoms with van der Waals surface area (Å²) in [6.45, 7) is 1.49. The lowest BCUT2D eigenvalue weighted by molar-refractivity contribution is 0.0614. The molecular weight excluding hydrogens is 318 g/mol. The third kappa shape index (κ3) is 2.82. The zero-order valence-electron chi connectivity index (χ0n) is 13.3. The number of carbonyl (C=O) groups is 2. The van der Waals surface area contributed by atoms with Crippen LogP contribution in [0.2, 0.25) is 0 Å². The number of rotatable bonds is 6. The van der Waals surface area contributed by atoms with E-state index in [2.05, 4.69) is 0 Å². The SMILES string of the molecule is COCCN1CN(CC2CC2)n2cc(C(=O)O)c(=O)c(O)c2C1=O. The molecular formula is C15H19N3O6. The summed E-state index contributed by atoms with van der Waals surface area (Å²) in [5.74, 6) is -2.33. The Kier molecular flexibility index (Phi) is 4.18. The first-order valence-corrected chi connectivity index (χ1v) is 7.69. The number of hydrogen-bond acceptors (Lipinski definition) is 6. The largest absolute Gasteiger partial charge is 0.502 e. The second-order valence-corrected chi connectivity index (χ2v) is 6.05. The molecule has 2 aliphatic rings. The van der Waals surface area contributed by atoms with Crippen LogP contribution in [0.15, 0.2) is 11.0 Å². The maximum atomic E-state index is 12.6. The molecule has 1 aromatic rings. The summed E-state index contributed by atoms with van der Waals surface area (Å²) in [6, 6.07) is 0. The molecule has 0 atom stereocenters. The predicted octanol–water partition coefficient (Wildman–Crippen LogP) is -0.340. The first-order valence-electron chi connectivity index (χ1n) is 7.69. The zero-order valence-corrected chi connectivity index (χ0v) is 13.3. The van der Waals surface area contributed by atoms with E-state index in [1.807, 2.05) is 0 Å². The lowest BCUT2D eigenvalue weighted by Crippen LogP contribution is -2.55. The molecule has 130 valence electrons. The summed E-state index contributed by atoms with van der Waals surface area (Å²) in [6.07, 6.45) is 3.25. The van der Waals surface area contributed by atoms with Crippen molar-refractivity contribution >= 4 is 11.9 Å². The number of aromatic nitrogens is 1. The van der Waals surface area contributed by atoms with Gasteiger partial charge in [-0.2, -0.15) is 0 Å². The number of carboxylic acid groups (broad SMARTS) is 1. The van der Waals surface area contributed by atoms with Crippen molar-refractivity contribution in [2.24, 2.45) is 5.92 Å². The van der Waals surface area contributed by atoms with E-state index in [9.17, 15) is 19.5 Å². The van der Waals surface area contributed by atoms with Crippen LogP contribution >= 0.6 is 0 Å². The lowest BCUT2D eigenvalue weighted by Gasteiger charge is -2.39. The fourth-order valence-corrected chi connectivity index (χ4v) is 2.76. The van der Waals surface area contributed by atoms with Gasteiger partial charge in [0.2, 0.25) is 5.43 Å². The Balaban J connectivity index is 2.08. The minimum atomic E-state index is -1.44. The number of carbonyl (C=O) groups excluding carboxylic acids is 1. The van der Waals surface area contributed by atoms with Crippen molar-refractivity contribution in [3.8, 4) is 5.75 Å². The topological polar surface area (TPSA) is 112 Å². The molecule has 24 heavy (non-hydrogen) atoms. The van der Waals surface area contributed by atoms with Crippen molar-refractivity contribution in [2.75, 3.05) is 38.5 Å². The Labute approximate surface area is 137 Å². The summed E-state index contributed by atoms with van der Waals surface area (Å²) in [5, 5.41) is 21.1. The number of aromatic carboxylic acids is 1. The van der Waals surface area contributed by atoms with E-state index >= 15 is 0 Å². The molecule has 3 rings (SSSR count). The van der Waals surface area contributed by atoms with E-state index in [0.29, 0.717) is 25.6 Å². The van der Waals surface area contributed by atoms with E-state index in [1.165, 1.54) is 16.7 Å². The summed E-state index contributed by atoms with van der Waals surface area (Å²) < 4.78 is 6.30. The molecule has 1 saturated carbocycles. The van der Waals surface area contributed by atoms with Gasteiger partial charge in [-0.25, -0.2) is 4.79 Å². The Bertz CT molecular complexity index is 739. The molecule has 1 fully saturated rings. The maximum absolute atomic E-state index is 12.6. The Morgan fingerprint density at radius 3 is 2.67 bits per heavy atom. The van der Waals surface area contributed by atoms with Crippen LogP contribution in [-0.2, 0) is 4.74 Å². The highest BCUT2D eigenvalue weighted by Crippen LogP contribution is 2.31. The maximum Gasteiger partial charge on any atom is 0.341 e. The van der Waals surface area contributed by atoms with E-state index < -0.39 is 28.6 Å². The third-order valence-corrected chi connectivity index (χ3v) is 4.25. The minimum Gasteiger partial charge on any atom is -0.502 e. The van der Waals surface area contributed by atoms with Gasteiger partial charge in [0.1, 0.15) is 12.2 Å². The van der Waals surface area contributed by atoms with Gasteiger partial charge < -0.3 is 19.8 Å². The van der Waals surface area contributed by atoms with Crippen molar-refractivity contribution in [1.82, 2.24) is 9.58 Å². The molecule has 1 amide bonds. The fraction of sp³-hybridized carbons (Fsp3) is 0.533. The van der Waals surface area contributed by atoms with Crippen LogP contribution < -0.4 is 10.4 Å². The second kappa shape index (κ2) is 6.16. The Morgan fingerprint density at radius 1 is 1.38 bits per heavy atom. The van der Waals surface area contributed by atoms with Gasteiger partial charge in [0.15, 0.2) is 11.4 Å². The molecule has 0 saturated heterocycles. The average Bonchev–Trinajstić information content (AvgIpc) is 3.35. The standard InChI is InChI=1S/C15H19N3O6/c1-24-5-4-16-8-17(6-9-2-3-9)18-7-10(15(22)23)12(19)13(20)11(18)14(16)21/h7,9,20H,2-6,8H2,1H3,(H,22,23). The molecule has 1 aliphatic carbocycles. The van der Waals surface area contributed by atoms with E-state index in [1.54, 1.807) is 5.01 Å². The average molecular weight is 337 g/mol. The van der Waals surface area contributed by atoms with Crippen molar-refractivity contribution < 1.29 is 24.5 Å². The van der Waals surface area contributed by atoms with Crippen LogP contribution in [0.25, 0.3) is 0 Å². The number of pyridine rings is 1. The molecule has 0 spiro atoms. The number of nitrogens with zero attached hydrogens (tertiary/aromatic N) is 3. The number of fused-ring (bicyclic) bond motifs is 1.